The topological polar surface area (TPSA) is 270 Å². The minimum Gasteiger partial charge on any atom is -0.870 e. The Labute approximate surface area is 360 Å². The third-order valence-corrected chi connectivity index (χ3v) is 9.14. The molecule has 5 aromatic rings. The molecule has 0 saturated carbocycles. The molecule has 5 rings (SSSR count). The van der Waals surface area contributed by atoms with Crippen LogP contribution in [0.25, 0.3) is 10.8 Å². The number of halogens is 2. The second-order valence-corrected chi connectivity index (χ2v) is 14.1. The standard InChI is InChI=1S/C25H17Cl2N7O10S3.3Na/c26-15-5-1-2-6-16(15)32-34-12-21(27)29-25(33-34)28-18-11-14(45(36,37)38)9-13-10-20(47(42,43)44)23(24(35)22(13)18)31-30-17-7-3-4-8-19(17)46(39,40)41;;;/h1-12H,(H5-,28,29,30,32,33,35,36,37,38,39,40,41,42,43,44);;;/q;3*+1/p-2. The molecule has 17 nitrogen and oxygen atoms in total. The van der Waals surface area contributed by atoms with Crippen LogP contribution in [0.1, 0.15) is 0 Å². The van der Waals surface area contributed by atoms with Crippen molar-refractivity contribution in [1.82, 2.24) is 10.1 Å². The Hall–Kier alpha value is -1.54. The molecule has 0 fully saturated rings. The van der Waals surface area contributed by atoms with Crippen molar-refractivity contribution < 1.29 is 137 Å². The van der Waals surface area contributed by atoms with Crippen molar-refractivity contribution in [3.8, 4) is 5.75 Å². The van der Waals surface area contributed by atoms with Crippen LogP contribution in [-0.2, 0) is 30.4 Å². The number of nitrogens with one attached hydrogen (secondary N) is 2. The van der Waals surface area contributed by atoms with Crippen molar-refractivity contribution >= 4 is 93.0 Å². The van der Waals surface area contributed by atoms with E-state index in [4.69, 9.17) is 23.2 Å². The Morgan fingerprint density at radius 3 is 2.06 bits per heavy atom. The zero-order valence-corrected chi connectivity index (χ0v) is 35.7. The van der Waals surface area contributed by atoms with Gasteiger partial charge >= 0.3 is 88.7 Å². The average molecular weight is 810 g/mol. The van der Waals surface area contributed by atoms with Gasteiger partial charge in [0.2, 0.25) is 5.15 Å². The Bertz CT molecular complexity index is 2460. The summed E-state index contributed by atoms with van der Waals surface area (Å²) < 4.78 is 106. The Morgan fingerprint density at radius 2 is 1.44 bits per heavy atom. The van der Waals surface area contributed by atoms with Crippen LogP contribution in [-0.4, -0.2) is 49.0 Å². The molecule has 0 aliphatic carbocycles. The van der Waals surface area contributed by atoms with Crippen LogP contribution in [0.3, 0.4) is 0 Å². The predicted molar refractivity (Wildman–Crippen MR) is 161 cm³/mol. The van der Waals surface area contributed by atoms with Crippen molar-refractivity contribution in [2.75, 3.05) is 10.7 Å². The molecule has 1 aromatic heterocycles. The summed E-state index contributed by atoms with van der Waals surface area (Å²) in [5.41, 5.74) is 1.08. The first-order valence-electron chi connectivity index (χ1n) is 12.4. The Morgan fingerprint density at radius 1 is 0.800 bits per heavy atom. The van der Waals surface area contributed by atoms with Crippen molar-refractivity contribution in [3.63, 3.8) is 0 Å². The summed E-state index contributed by atoms with van der Waals surface area (Å²) in [6, 6.07) is 13.0. The molecule has 0 amide bonds. The van der Waals surface area contributed by atoms with Gasteiger partial charge in [-0.2, -0.15) is 13.4 Å². The molecule has 25 heteroatoms. The van der Waals surface area contributed by atoms with E-state index in [9.17, 15) is 44.0 Å². The average Bonchev–Trinajstić information content (AvgIpc) is 2.96. The quantitative estimate of drug-likeness (QED) is 0.0543. The number of fused-ring (bicyclic) bond motifs is 1. The summed E-state index contributed by atoms with van der Waals surface area (Å²) in [5, 5.41) is 26.7. The van der Waals surface area contributed by atoms with Gasteiger partial charge in [-0.1, -0.05) is 53.2 Å². The van der Waals surface area contributed by atoms with Crippen LogP contribution in [0.5, 0.6) is 5.75 Å². The van der Waals surface area contributed by atoms with E-state index in [1.807, 2.05) is 0 Å². The van der Waals surface area contributed by atoms with Gasteiger partial charge in [0.25, 0.3) is 22.3 Å². The molecule has 50 heavy (non-hydrogen) atoms. The van der Waals surface area contributed by atoms with Gasteiger partial charge in [-0.25, -0.2) is 16.8 Å². The van der Waals surface area contributed by atoms with E-state index in [1.165, 1.54) is 18.3 Å². The predicted octanol–water partition coefficient (Wildman–Crippen LogP) is -5.60. The summed E-state index contributed by atoms with van der Waals surface area (Å²) in [4.78, 5) is 2.04. The molecule has 0 bridgehead atoms. The van der Waals surface area contributed by atoms with E-state index < -0.39 is 78.6 Å². The Balaban J connectivity index is 0.00000289. The van der Waals surface area contributed by atoms with E-state index >= 15 is 0 Å². The van der Waals surface area contributed by atoms with Crippen molar-refractivity contribution in [1.29, 1.82) is 0 Å². The van der Waals surface area contributed by atoms with Gasteiger partial charge in [0, 0.05) is 10.5 Å². The molecule has 1 heterocycles. The van der Waals surface area contributed by atoms with Crippen molar-refractivity contribution in [2.24, 2.45) is 10.2 Å². The number of azo groups is 1. The van der Waals surface area contributed by atoms with E-state index in [0.717, 1.165) is 23.0 Å². The first kappa shape index (κ1) is 44.6. The SMILES string of the molecule is O=S(=O)([O-])c1cc(Nc2nc(Cl)c[n+](Nc3ccccc3Cl)n2)c2c([O-])c(N=Nc3ccccc3S(=O)(=O)O)c(S(=O)(=O)[O-])cc2c1.[Na+].[Na+].[Na+]. The van der Waals surface area contributed by atoms with E-state index in [0.29, 0.717) is 22.8 Å². The van der Waals surface area contributed by atoms with E-state index in [-0.39, 0.29) is 99.8 Å². The van der Waals surface area contributed by atoms with Crippen LogP contribution < -0.4 is 109 Å². The monoisotopic (exact) mass is 808 g/mol. The molecule has 0 radical (unpaired) electrons. The second-order valence-electron chi connectivity index (χ2n) is 9.22. The molecule has 0 aliphatic heterocycles. The summed E-state index contributed by atoms with van der Waals surface area (Å²) in [7, 11) is -15.6. The summed E-state index contributed by atoms with van der Waals surface area (Å²) in [6.45, 7) is 0. The maximum Gasteiger partial charge on any atom is 1.00 e. The van der Waals surface area contributed by atoms with Crippen LogP contribution >= 0.6 is 23.2 Å². The second kappa shape index (κ2) is 17.5. The molecule has 0 spiro atoms. The third kappa shape index (κ3) is 10.5. The van der Waals surface area contributed by atoms with Gasteiger partial charge < -0.3 is 19.5 Å². The molecule has 244 valence electrons. The summed E-state index contributed by atoms with van der Waals surface area (Å²) >= 11 is 12.3. The third-order valence-electron chi connectivity index (χ3n) is 6.06. The largest absolute Gasteiger partial charge is 1.00 e. The van der Waals surface area contributed by atoms with Crippen molar-refractivity contribution in [2.45, 2.75) is 14.7 Å². The molecule has 0 aliphatic rings. The number of aromatic nitrogens is 3. The minimum atomic E-state index is -5.54. The number of hydrogen-bond donors (Lipinski definition) is 3. The minimum absolute atomic E-state index is 0. The van der Waals surface area contributed by atoms with Gasteiger partial charge in [-0.05, 0) is 53.2 Å². The molecule has 0 unspecified atom stereocenters. The summed E-state index contributed by atoms with van der Waals surface area (Å²) in [6.07, 6.45) is 1.22. The van der Waals surface area contributed by atoms with Crippen LogP contribution in [0.2, 0.25) is 10.2 Å². The van der Waals surface area contributed by atoms with Crippen molar-refractivity contribution in [3.05, 3.63) is 83.1 Å². The van der Waals surface area contributed by atoms with Crippen LogP contribution in [0.15, 0.2) is 97.8 Å². The number of rotatable bonds is 9. The number of nitrogens with zero attached hydrogens (tertiary/aromatic N) is 5. The maximum atomic E-state index is 13.8. The zero-order valence-electron chi connectivity index (χ0n) is 25.8. The molecule has 0 atom stereocenters. The molecule has 4 aromatic carbocycles. The van der Waals surface area contributed by atoms with Gasteiger partial charge in [0.1, 0.15) is 36.5 Å². The number of para-hydroxylation sites is 1. The molecule has 3 N–H and O–H groups in total. The summed E-state index contributed by atoms with van der Waals surface area (Å²) in [5.74, 6) is -1.71. The molecule has 0 saturated heterocycles. The van der Waals surface area contributed by atoms with E-state index in [2.05, 4.69) is 31.1 Å². The van der Waals surface area contributed by atoms with Gasteiger partial charge in [0.15, 0.2) is 0 Å². The van der Waals surface area contributed by atoms with Crippen LogP contribution in [0, 0.1) is 0 Å². The normalized spacial score (nSPS) is 11.7. The first-order chi connectivity index (χ1) is 21.9. The molecular formula is C25H15Cl2N7Na3O10S3+. The zero-order chi connectivity index (χ0) is 34.3. The smallest absolute Gasteiger partial charge is 0.870 e. The first-order valence-corrected chi connectivity index (χ1v) is 17.4. The number of benzene rings is 4. The fraction of sp³-hybridized carbons (Fsp3) is 0. The van der Waals surface area contributed by atoms with Gasteiger partial charge in [-0.3, -0.25) is 4.55 Å². The van der Waals surface area contributed by atoms with E-state index in [1.54, 1.807) is 24.3 Å². The Kier molecular flexibility index (Phi) is 15.6. The number of anilines is 3. The fourth-order valence-electron chi connectivity index (χ4n) is 4.12. The maximum absolute atomic E-state index is 13.8. The van der Waals surface area contributed by atoms with Gasteiger partial charge in [-0.15, -0.1) is 15.7 Å². The van der Waals surface area contributed by atoms with Crippen LogP contribution in [0.4, 0.5) is 28.7 Å². The molecular weight excluding hydrogens is 794 g/mol. The van der Waals surface area contributed by atoms with Gasteiger partial charge in [0.05, 0.1) is 25.6 Å². The fourth-order valence-corrected chi connectivity index (χ4v) is 6.27. The number of hydrogen-bond acceptors (Lipinski definition) is 15.